The Balaban J connectivity index is 1.65. The lowest BCUT2D eigenvalue weighted by molar-refractivity contribution is -0.236. The van der Waals surface area contributed by atoms with Crippen LogP contribution in [0.3, 0.4) is 0 Å². The second-order valence-electron chi connectivity index (χ2n) is 7.80. The molecule has 3 fully saturated rings. The van der Waals surface area contributed by atoms with Gasteiger partial charge in [-0.05, 0) is 40.8 Å². The summed E-state index contributed by atoms with van der Waals surface area (Å²) in [7, 11) is 0. The van der Waals surface area contributed by atoms with E-state index in [0.29, 0.717) is 13.2 Å². The van der Waals surface area contributed by atoms with Crippen molar-refractivity contribution in [1.82, 2.24) is 4.90 Å². The first-order valence-electron chi connectivity index (χ1n) is 9.41. The van der Waals surface area contributed by atoms with Gasteiger partial charge in [-0.1, -0.05) is 13.8 Å². The van der Waals surface area contributed by atoms with Crippen LogP contribution in [0.2, 0.25) is 0 Å². The molecule has 7 heteroatoms. The SMILES string of the molecule is CCN(CC)CCO[C@@H]1C2OC(C)(C)OC2O[C@@H]1[C@H]1COC(C)(C)O1. The summed E-state index contributed by atoms with van der Waals surface area (Å²) in [5.41, 5.74) is 0. The van der Waals surface area contributed by atoms with Crippen molar-refractivity contribution in [1.29, 1.82) is 0 Å². The third-order valence-electron chi connectivity index (χ3n) is 5.04. The quantitative estimate of drug-likeness (QED) is 0.686. The van der Waals surface area contributed by atoms with E-state index in [2.05, 4.69) is 18.7 Å². The second kappa shape index (κ2) is 7.38. The Bertz CT molecular complexity index is 453. The fourth-order valence-corrected chi connectivity index (χ4v) is 3.73. The number of ether oxygens (including phenoxy) is 6. The van der Waals surface area contributed by atoms with Crippen LogP contribution in [0.1, 0.15) is 41.5 Å². The molecule has 0 N–H and O–H groups in total. The van der Waals surface area contributed by atoms with E-state index in [1.807, 2.05) is 27.7 Å². The van der Waals surface area contributed by atoms with E-state index in [1.54, 1.807) is 0 Å². The summed E-state index contributed by atoms with van der Waals surface area (Å²) in [5, 5.41) is 0. The molecule has 0 saturated carbocycles. The van der Waals surface area contributed by atoms with Gasteiger partial charge < -0.3 is 33.3 Å². The van der Waals surface area contributed by atoms with Crippen molar-refractivity contribution < 1.29 is 28.4 Å². The summed E-state index contributed by atoms with van der Waals surface area (Å²) >= 11 is 0. The molecule has 0 aromatic heterocycles. The second-order valence-corrected chi connectivity index (χ2v) is 7.80. The van der Waals surface area contributed by atoms with Crippen LogP contribution in [0.4, 0.5) is 0 Å². The lowest BCUT2D eigenvalue weighted by Gasteiger charge is -2.29. The molecule has 3 aliphatic rings. The average Bonchev–Trinajstić information content (AvgIpc) is 3.13. The molecular formula is C18H33NO6. The van der Waals surface area contributed by atoms with Crippen LogP contribution in [-0.2, 0) is 28.4 Å². The maximum absolute atomic E-state index is 6.23. The number of rotatable bonds is 7. The van der Waals surface area contributed by atoms with Crippen molar-refractivity contribution in [2.24, 2.45) is 0 Å². The van der Waals surface area contributed by atoms with Gasteiger partial charge in [0.25, 0.3) is 0 Å². The largest absolute Gasteiger partial charge is 0.371 e. The maximum Gasteiger partial charge on any atom is 0.190 e. The van der Waals surface area contributed by atoms with E-state index in [4.69, 9.17) is 28.4 Å². The van der Waals surface area contributed by atoms with Crippen molar-refractivity contribution >= 4 is 0 Å². The van der Waals surface area contributed by atoms with Gasteiger partial charge in [0.05, 0.1) is 13.2 Å². The van der Waals surface area contributed by atoms with Gasteiger partial charge >= 0.3 is 0 Å². The van der Waals surface area contributed by atoms with Gasteiger partial charge in [0, 0.05) is 6.54 Å². The first kappa shape index (κ1) is 19.5. The molecule has 0 amide bonds. The van der Waals surface area contributed by atoms with Gasteiger partial charge in [0.15, 0.2) is 17.9 Å². The van der Waals surface area contributed by atoms with Crippen molar-refractivity contribution in [3.8, 4) is 0 Å². The highest BCUT2D eigenvalue weighted by atomic mass is 16.8. The Morgan fingerprint density at radius 2 is 1.68 bits per heavy atom. The Morgan fingerprint density at radius 1 is 0.960 bits per heavy atom. The van der Waals surface area contributed by atoms with Gasteiger partial charge in [0.2, 0.25) is 0 Å². The van der Waals surface area contributed by atoms with Gasteiger partial charge in [-0.25, -0.2) is 0 Å². The minimum atomic E-state index is -0.660. The van der Waals surface area contributed by atoms with Crippen LogP contribution in [-0.4, -0.2) is 80.0 Å². The highest BCUT2D eigenvalue weighted by molar-refractivity contribution is 4.98. The summed E-state index contributed by atoms with van der Waals surface area (Å²) in [6, 6.07) is 0. The van der Waals surface area contributed by atoms with Crippen LogP contribution >= 0.6 is 0 Å². The van der Waals surface area contributed by atoms with E-state index < -0.39 is 17.9 Å². The Labute approximate surface area is 150 Å². The zero-order chi connectivity index (χ0) is 18.2. The standard InChI is InChI=1S/C18H33NO6/c1-7-19(8-2)9-10-20-14-13(12-11-21-17(3,4)23-12)22-16-15(14)24-18(5,6)25-16/h12-16H,7-11H2,1-6H3/t12-,13-,14+,15?,16?/m1/s1. The van der Waals surface area contributed by atoms with E-state index in [0.717, 1.165) is 19.6 Å². The lowest BCUT2D eigenvalue weighted by Crippen LogP contribution is -2.45. The van der Waals surface area contributed by atoms with Crippen LogP contribution in [0, 0.1) is 0 Å². The first-order valence-corrected chi connectivity index (χ1v) is 9.41. The number of nitrogens with zero attached hydrogens (tertiary/aromatic N) is 1. The summed E-state index contributed by atoms with van der Waals surface area (Å²) < 4.78 is 36.0. The summed E-state index contributed by atoms with van der Waals surface area (Å²) in [6.45, 7) is 15.9. The molecule has 3 rings (SSSR count). The van der Waals surface area contributed by atoms with Crippen molar-refractivity contribution in [3.05, 3.63) is 0 Å². The molecule has 25 heavy (non-hydrogen) atoms. The third kappa shape index (κ3) is 4.35. The Kier molecular flexibility index (Phi) is 5.75. The van der Waals surface area contributed by atoms with Gasteiger partial charge in [0.1, 0.15) is 24.4 Å². The van der Waals surface area contributed by atoms with Crippen molar-refractivity contribution in [2.75, 3.05) is 32.8 Å². The van der Waals surface area contributed by atoms with Crippen molar-refractivity contribution in [2.45, 2.75) is 83.8 Å². The highest BCUT2D eigenvalue weighted by Crippen LogP contribution is 2.41. The molecule has 3 heterocycles. The zero-order valence-corrected chi connectivity index (χ0v) is 16.3. The molecular weight excluding hydrogens is 326 g/mol. The number of fused-ring (bicyclic) bond motifs is 1. The number of hydrogen-bond donors (Lipinski definition) is 0. The monoisotopic (exact) mass is 359 g/mol. The van der Waals surface area contributed by atoms with E-state index in [1.165, 1.54) is 0 Å². The molecule has 0 radical (unpaired) electrons. The molecule has 3 aliphatic heterocycles. The molecule has 0 aromatic rings. The van der Waals surface area contributed by atoms with Gasteiger partial charge in [-0.15, -0.1) is 0 Å². The minimum absolute atomic E-state index is 0.186. The molecule has 146 valence electrons. The van der Waals surface area contributed by atoms with Crippen LogP contribution in [0.15, 0.2) is 0 Å². The molecule has 0 bridgehead atoms. The molecule has 5 atom stereocenters. The minimum Gasteiger partial charge on any atom is -0.371 e. The zero-order valence-electron chi connectivity index (χ0n) is 16.3. The molecule has 0 spiro atoms. The van der Waals surface area contributed by atoms with Crippen LogP contribution in [0.25, 0.3) is 0 Å². The van der Waals surface area contributed by atoms with E-state index >= 15 is 0 Å². The summed E-state index contributed by atoms with van der Waals surface area (Å²) in [4.78, 5) is 2.33. The number of hydrogen-bond acceptors (Lipinski definition) is 7. The molecule has 0 aromatic carbocycles. The highest BCUT2D eigenvalue weighted by Gasteiger charge is 2.58. The van der Waals surface area contributed by atoms with Crippen LogP contribution in [0.5, 0.6) is 0 Å². The third-order valence-corrected chi connectivity index (χ3v) is 5.04. The molecule has 2 unspecified atom stereocenters. The smallest absolute Gasteiger partial charge is 0.190 e. The Hall–Kier alpha value is -0.280. The van der Waals surface area contributed by atoms with E-state index in [9.17, 15) is 0 Å². The van der Waals surface area contributed by atoms with Crippen molar-refractivity contribution in [3.63, 3.8) is 0 Å². The fraction of sp³-hybridized carbons (Fsp3) is 1.00. The topological polar surface area (TPSA) is 58.6 Å². The normalized spacial score (nSPS) is 39.2. The predicted octanol–water partition coefficient (Wildman–Crippen LogP) is 1.74. The summed E-state index contributed by atoms with van der Waals surface area (Å²) in [5.74, 6) is -1.26. The van der Waals surface area contributed by atoms with Gasteiger partial charge in [-0.2, -0.15) is 0 Å². The molecule has 0 aliphatic carbocycles. The predicted molar refractivity (Wildman–Crippen MR) is 91.1 cm³/mol. The maximum atomic E-state index is 6.23. The van der Waals surface area contributed by atoms with Gasteiger partial charge in [-0.3, -0.25) is 0 Å². The first-order chi connectivity index (χ1) is 11.7. The summed E-state index contributed by atoms with van der Waals surface area (Å²) in [6.07, 6.45) is -1.35. The lowest BCUT2D eigenvalue weighted by atomic mass is 10.1. The molecule has 3 saturated heterocycles. The molecule has 7 nitrogen and oxygen atoms in total. The Morgan fingerprint density at radius 3 is 2.28 bits per heavy atom. The fourth-order valence-electron chi connectivity index (χ4n) is 3.73. The average molecular weight is 359 g/mol. The van der Waals surface area contributed by atoms with E-state index in [-0.39, 0.29) is 24.4 Å². The number of likely N-dealkylation sites (N-methyl/N-ethyl adjacent to an activating group) is 1. The van der Waals surface area contributed by atoms with Crippen LogP contribution < -0.4 is 0 Å².